The smallest absolute Gasteiger partial charge is 0.220 e. The summed E-state index contributed by atoms with van der Waals surface area (Å²) in [6.45, 7) is 1.79. The van der Waals surface area contributed by atoms with Crippen LogP contribution in [0.1, 0.15) is 11.3 Å². The van der Waals surface area contributed by atoms with Crippen molar-refractivity contribution in [2.24, 2.45) is 0 Å². The fourth-order valence-corrected chi connectivity index (χ4v) is 1.42. The molecule has 0 aliphatic rings. The van der Waals surface area contributed by atoms with Crippen LogP contribution in [0.15, 0.2) is 36.4 Å². The van der Waals surface area contributed by atoms with Gasteiger partial charge in [-0.25, -0.2) is 4.98 Å². The van der Waals surface area contributed by atoms with Crippen LogP contribution in [0.3, 0.4) is 0 Å². The molecular formula is C13H10N2O2. The summed E-state index contributed by atoms with van der Waals surface area (Å²) in [5.74, 6) is 0.940. The van der Waals surface area contributed by atoms with Gasteiger partial charge in [0.25, 0.3) is 0 Å². The van der Waals surface area contributed by atoms with E-state index in [1.807, 2.05) is 6.07 Å². The molecule has 0 unspecified atom stereocenters. The second-order valence-electron chi connectivity index (χ2n) is 3.55. The van der Waals surface area contributed by atoms with E-state index in [4.69, 9.17) is 10.00 Å². The molecule has 0 saturated carbocycles. The summed E-state index contributed by atoms with van der Waals surface area (Å²) in [7, 11) is 0. The highest BCUT2D eigenvalue weighted by Crippen LogP contribution is 2.24. The zero-order chi connectivity index (χ0) is 12.3. The molecule has 0 atom stereocenters. The molecule has 84 valence electrons. The van der Waals surface area contributed by atoms with Crippen molar-refractivity contribution in [3.05, 3.63) is 47.7 Å². The Balaban J connectivity index is 2.30. The number of aromatic hydroxyl groups is 1. The predicted octanol–water partition coefficient (Wildman–Crippen LogP) is 2.76. The number of nitriles is 1. The quantitative estimate of drug-likeness (QED) is 0.855. The average Bonchev–Trinajstić information content (AvgIpc) is 2.28. The third kappa shape index (κ3) is 2.73. The van der Waals surface area contributed by atoms with E-state index in [0.717, 1.165) is 0 Å². The van der Waals surface area contributed by atoms with Crippen LogP contribution in [0.4, 0.5) is 0 Å². The van der Waals surface area contributed by atoms with Crippen LogP contribution < -0.4 is 4.74 Å². The maximum Gasteiger partial charge on any atom is 0.220 e. The van der Waals surface area contributed by atoms with E-state index in [9.17, 15) is 5.11 Å². The molecule has 0 spiro atoms. The van der Waals surface area contributed by atoms with E-state index in [2.05, 4.69) is 4.98 Å². The van der Waals surface area contributed by atoms with Crippen molar-refractivity contribution in [2.45, 2.75) is 6.92 Å². The van der Waals surface area contributed by atoms with Crippen molar-refractivity contribution in [3.63, 3.8) is 0 Å². The number of hydrogen-bond acceptors (Lipinski definition) is 4. The predicted molar refractivity (Wildman–Crippen MR) is 61.9 cm³/mol. The van der Waals surface area contributed by atoms with Gasteiger partial charge in [0.15, 0.2) is 0 Å². The van der Waals surface area contributed by atoms with Gasteiger partial charge in [-0.15, -0.1) is 0 Å². The van der Waals surface area contributed by atoms with Crippen molar-refractivity contribution in [3.8, 4) is 23.4 Å². The fourth-order valence-electron chi connectivity index (χ4n) is 1.42. The Hall–Kier alpha value is -2.54. The lowest BCUT2D eigenvalue weighted by Crippen LogP contribution is -1.91. The number of ether oxygens (including phenoxy) is 1. The van der Waals surface area contributed by atoms with Crippen LogP contribution >= 0.6 is 0 Å². The van der Waals surface area contributed by atoms with Crippen molar-refractivity contribution < 1.29 is 9.84 Å². The maximum absolute atomic E-state index is 9.29. The Bertz CT molecular complexity index is 588. The van der Waals surface area contributed by atoms with Gasteiger partial charge in [0.2, 0.25) is 5.88 Å². The van der Waals surface area contributed by atoms with Crippen molar-refractivity contribution >= 4 is 0 Å². The van der Waals surface area contributed by atoms with Crippen molar-refractivity contribution in [2.75, 3.05) is 0 Å². The van der Waals surface area contributed by atoms with Gasteiger partial charge in [-0.2, -0.15) is 5.26 Å². The number of phenols is 1. The summed E-state index contributed by atoms with van der Waals surface area (Å²) >= 11 is 0. The van der Waals surface area contributed by atoms with E-state index in [-0.39, 0.29) is 5.75 Å². The zero-order valence-corrected chi connectivity index (χ0v) is 9.21. The molecule has 2 rings (SSSR count). The Labute approximate surface area is 98.7 Å². The topological polar surface area (TPSA) is 66.1 Å². The minimum Gasteiger partial charge on any atom is -0.508 e. The van der Waals surface area contributed by atoms with Crippen LogP contribution in [0.2, 0.25) is 0 Å². The highest BCUT2D eigenvalue weighted by atomic mass is 16.5. The highest BCUT2D eigenvalue weighted by molar-refractivity contribution is 5.38. The first kappa shape index (κ1) is 11.0. The van der Waals surface area contributed by atoms with Crippen molar-refractivity contribution in [1.29, 1.82) is 5.26 Å². The zero-order valence-electron chi connectivity index (χ0n) is 9.21. The van der Waals surface area contributed by atoms with E-state index in [1.165, 1.54) is 6.07 Å². The van der Waals surface area contributed by atoms with Gasteiger partial charge in [0.05, 0.1) is 11.6 Å². The molecule has 0 amide bonds. The highest BCUT2D eigenvalue weighted by Gasteiger charge is 2.03. The molecule has 2 aromatic rings. The average molecular weight is 226 g/mol. The SMILES string of the molecule is Cc1cc(C#N)cc(Oc2cccc(O)c2)n1. The molecule has 0 bridgehead atoms. The minimum atomic E-state index is 0.121. The lowest BCUT2D eigenvalue weighted by atomic mass is 10.2. The molecule has 0 aliphatic heterocycles. The van der Waals surface area contributed by atoms with Crippen LogP contribution in [-0.2, 0) is 0 Å². The van der Waals surface area contributed by atoms with Crippen LogP contribution in [0.25, 0.3) is 0 Å². The van der Waals surface area contributed by atoms with Crippen molar-refractivity contribution in [1.82, 2.24) is 4.98 Å². The van der Waals surface area contributed by atoms with Gasteiger partial charge in [-0.05, 0) is 25.1 Å². The lowest BCUT2D eigenvalue weighted by molar-refractivity contribution is 0.445. The number of benzene rings is 1. The van der Waals surface area contributed by atoms with Gasteiger partial charge in [-0.3, -0.25) is 0 Å². The van der Waals surface area contributed by atoms with Crippen LogP contribution in [-0.4, -0.2) is 10.1 Å². The minimum absolute atomic E-state index is 0.121. The first-order valence-electron chi connectivity index (χ1n) is 5.03. The molecule has 4 heteroatoms. The molecule has 4 nitrogen and oxygen atoms in total. The Morgan fingerprint density at radius 1 is 1.29 bits per heavy atom. The lowest BCUT2D eigenvalue weighted by Gasteiger charge is -2.06. The number of aryl methyl sites for hydroxylation is 1. The normalized spacial score (nSPS) is 9.65. The van der Waals surface area contributed by atoms with E-state index >= 15 is 0 Å². The second kappa shape index (κ2) is 4.54. The summed E-state index contributed by atoms with van der Waals surface area (Å²) in [5, 5.41) is 18.1. The summed E-state index contributed by atoms with van der Waals surface area (Å²) in [4.78, 5) is 4.15. The standard InChI is InChI=1S/C13H10N2O2/c1-9-5-10(8-14)6-13(15-9)17-12-4-2-3-11(16)7-12/h2-7,16H,1H3. The number of nitrogens with zero attached hydrogens (tertiary/aromatic N) is 2. The van der Waals surface area contributed by atoms with Crippen LogP contribution in [0.5, 0.6) is 17.4 Å². The monoisotopic (exact) mass is 226 g/mol. The van der Waals surface area contributed by atoms with Crippen LogP contribution in [0, 0.1) is 18.3 Å². The molecule has 1 N–H and O–H groups in total. The Kier molecular flexibility index (Phi) is 2.93. The summed E-state index contributed by atoms with van der Waals surface area (Å²) in [5.41, 5.74) is 1.20. The Morgan fingerprint density at radius 3 is 2.82 bits per heavy atom. The maximum atomic E-state index is 9.29. The second-order valence-corrected chi connectivity index (χ2v) is 3.55. The van der Waals surface area contributed by atoms with Gasteiger partial charge in [0.1, 0.15) is 11.5 Å². The largest absolute Gasteiger partial charge is 0.508 e. The molecule has 1 aromatic heterocycles. The first-order valence-corrected chi connectivity index (χ1v) is 5.03. The molecule has 17 heavy (non-hydrogen) atoms. The first-order chi connectivity index (χ1) is 8.17. The van der Waals surface area contributed by atoms with E-state index in [0.29, 0.717) is 22.9 Å². The van der Waals surface area contributed by atoms with E-state index < -0.39 is 0 Å². The molecule has 0 radical (unpaired) electrons. The van der Waals surface area contributed by atoms with E-state index in [1.54, 1.807) is 37.3 Å². The fraction of sp³-hybridized carbons (Fsp3) is 0.0769. The molecule has 1 heterocycles. The molecule has 1 aromatic carbocycles. The molecule has 0 aliphatic carbocycles. The number of pyridine rings is 1. The third-order valence-corrected chi connectivity index (χ3v) is 2.10. The van der Waals surface area contributed by atoms with Gasteiger partial charge in [0, 0.05) is 17.8 Å². The number of aromatic nitrogens is 1. The van der Waals surface area contributed by atoms with Gasteiger partial charge >= 0.3 is 0 Å². The summed E-state index contributed by atoms with van der Waals surface area (Å²) in [6, 6.07) is 11.7. The van der Waals surface area contributed by atoms with Gasteiger partial charge < -0.3 is 9.84 Å². The number of hydrogen-bond donors (Lipinski definition) is 1. The summed E-state index contributed by atoms with van der Waals surface area (Å²) in [6.07, 6.45) is 0. The number of rotatable bonds is 2. The third-order valence-electron chi connectivity index (χ3n) is 2.10. The molecule has 0 saturated heterocycles. The molecule has 0 fully saturated rings. The summed E-state index contributed by atoms with van der Waals surface area (Å²) < 4.78 is 5.46. The molecular weight excluding hydrogens is 216 g/mol. The number of phenolic OH excluding ortho intramolecular Hbond substituents is 1. The Morgan fingerprint density at radius 2 is 2.12 bits per heavy atom. The van der Waals surface area contributed by atoms with Gasteiger partial charge in [-0.1, -0.05) is 6.07 Å².